The van der Waals surface area contributed by atoms with Crippen LogP contribution in [0.5, 0.6) is 5.75 Å². The summed E-state index contributed by atoms with van der Waals surface area (Å²) in [4.78, 5) is 11.3. The van der Waals surface area contributed by atoms with Gasteiger partial charge in [-0.25, -0.2) is 4.79 Å². The predicted octanol–water partition coefficient (Wildman–Crippen LogP) is 3.61. The highest BCUT2D eigenvalue weighted by Gasteiger charge is 2.41. The zero-order chi connectivity index (χ0) is 15.5. The number of benzene rings is 1. The molecular formula is C16H18F2O3. The van der Waals surface area contributed by atoms with Crippen molar-refractivity contribution in [3.63, 3.8) is 0 Å². The summed E-state index contributed by atoms with van der Waals surface area (Å²) in [6.45, 7) is 1.46. The monoisotopic (exact) mass is 296 g/mol. The van der Waals surface area contributed by atoms with Gasteiger partial charge < -0.3 is 9.47 Å². The summed E-state index contributed by atoms with van der Waals surface area (Å²) in [7, 11) is 1.57. The summed E-state index contributed by atoms with van der Waals surface area (Å²) in [6, 6.07) is 5.35. The number of allylic oxidation sites excluding steroid dienone is 2. The summed E-state index contributed by atoms with van der Waals surface area (Å²) >= 11 is 0. The van der Waals surface area contributed by atoms with Crippen LogP contribution < -0.4 is 4.74 Å². The van der Waals surface area contributed by atoms with Gasteiger partial charge in [-0.05, 0) is 48.6 Å². The van der Waals surface area contributed by atoms with Gasteiger partial charge in [-0.1, -0.05) is 12.1 Å². The molecule has 21 heavy (non-hydrogen) atoms. The van der Waals surface area contributed by atoms with Crippen LogP contribution >= 0.6 is 0 Å². The van der Waals surface area contributed by atoms with E-state index in [2.05, 4.69) is 4.74 Å². The maximum atomic E-state index is 13.9. The first-order valence-corrected chi connectivity index (χ1v) is 6.89. The average Bonchev–Trinajstić information content (AvgIpc) is 2.47. The number of carbonyl (C=O) groups excluding carboxylic acids is 1. The van der Waals surface area contributed by atoms with E-state index in [-0.39, 0.29) is 6.61 Å². The van der Waals surface area contributed by atoms with Crippen molar-refractivity contribution in [1.82, 2.24) is 0 Å². The fourth-order valence-corrected chi connectivity index (χ4v) is 2.44. The number of alkyl halides is 2. The normalized spacial score (nSPS) is 14.2. The lowest BCUT2D eigenvalue weighted by molar-refractivity contribution is -0.170. The van der Waals surface area contributed by atoms with Crippen LogP contribution in [-0.2, 0) is 16.0 Å². The molecule has 0 aliphatic heterocycles. The number of esters is 1. The largest absolute Gasteiger partial charge is 0.497 e. The molecule has 114 valence electrons. The minimum atomic E-state index is -3.50. The topological polar surface area (TPSA) is 35.5 Å². The summed E-state index contributed by atoms with van der Waals surface area (Å²) in [5, 5.41) is 0. The lowest BCUT2D eigenvalue weighted by Gasteiger charge is -2.22. The Bertz CT molecular complexity index is 565. The van der Waals surface area contributed by atoms with Crippen LogP contribution in [-0.4, -0.2) is 25.6 Å². The lowest BCUT2D eigenvalue weighted by Crippen LogP contribution is -2.31. The molecule has 0 aromatic heterocycles. The van der Waals surface area contributed by atoms with E-state index in [1.165, 1.54) is 6.92 Å². The van der Waals surface area contributed by atoms with Gasteiger partial charge in [0.1, 0.15) is 5.75 Å². The Kier molecular flexibility index (Phi) is 4.60. The van der Waals surface area contributed by atoms with Gasteiger partial charge >= 0.3 is 11.9 Å². The summed E-state index contributed by atoms with van der Waals surface area (Å²) in [5.41, 5.74) is 2.20. The van der Waals surface area contributed by atoms with Crippen molar-refractivity contribution < 1.29 is 23.0 Å². The van der Waals surface area contributed by atoms with Gasteiger partial charge in [0.05, 0.1) is 13.7 Å². The predicted molar refractivity (Wildman–Crippen MR) is 75.5 cm³/mol. The maximum Gasteiger partial charge on any atom is 0.377 e. The lowest BCUT2D eigenvalue weighted by atomic mass is 9.87. The molecule has 0 saturated carbocycles. The first kappa shape index (κ1) is 15.5. The molecule has 0 amide bonds. The Labute approximate surface area is 122 Å². The molecule has 1 aromatic carbocycles. The standard InChI is InChI=1S/C16H18F2O3/c1-3-21-15(19)16(17,18)10-12-6-4-5-11-9-13(20-2)7-8-14(11)12/h6-9H,3-5,10H2,1-2H3. The molecule has 0 unspecified atom stereocenters. The summed E-state index contributed by atoms with van der Waals surface area (Å²) in [6.07, 6.45) is 2.59. The molecule has 0 saturated heterocycles. The number of rotatable bonds is 5. The van der Waals surface area contributed by atoms with E-state index in [0.717, 1.165) is 17.5 Å². The summed E-state index contributed by atoms with van der Waals surface area (Å²) < 4.78 is 37.4. The molecule has 0 spiro atoms. The van der Waals surface area contributed by atoms with Gasteiger partial charge in [0.15, 0.2) is 0 Å². The quantitative estimate of drug-likeness (QED) is 0.779. The minimum absolute atomic E-state index is 0.0543. The van der Waals surface area contributed by atoms with Crippen molar-refractivity contribution in [3.05, 3.63) is 35.4 Å². The first-order valence-electron chi connectivity index (χ1n) is 6.89. The molecule has 2 rings (SSSR count). The second-order valence-corrected chi connectivity index (χ2v) is 4.89. The molecule has 0 bridgehead atoms. The number of hydrogen-bond acceptors (Lipinski definition) is 3. The first-order chi connectivity index (χ1) is 9.97. The van der Waals surface area contributed by atoms with Gasteiger partial charge in [-0.15, -0.1) is 0 Å². The third-order valence-electron chi connectivity index (χ3n) is 3.45. The van der Waals surface area contributed by atoms with Crippen molar-refractivity contribution in [2.45, 2.75) is 32.1 Å². The number of ether oxygens (including phenoxy) is 2. The van der Waals surface area contributed by atoms with Gasteiger partial charge in [0.25, 0.3) is 0 Å². The zero-order valence-corrected chi connectivity index (χ0v) is 12.1. The molecule has 0 heterocycles. The molecule has 5 heteroatoms. The molecular weight excluding hydrogens is 278 g/mol. The maximum absolute atomic E-state index is 13.9. The van der Waals surface area contributed by atoms with E-state index < -0.39 is 18.3 Å². The van der Waals surface area contributed by atoms with Gasteiger partial charge in [-0.3, -0.25) is 0 Å². The number of halogens is 2. The van der Waals surface area contributed by atoms with Crippen molar-refractivity contribution in [2.24, 2.45) is 0 Å². The van der Waals surface area contributed by atoms with Crippen LogP contribution in [0.2, 0.25) is 0 Å². The molecule has 1 aliphatic carbocycles. The molecule has 3 nitrogen and oxygen atoms in total. The Morgan fingerprint density at radius 3 is 2.81 bits per heavy atom. The Morgan fingerprint density at radius 1 is 1.38 bits per heavy atom. The van der Waals surface area contributed by atoms with Crippen LogP contribution in [0.4, 0.5) is 8.78 Å². The Balaban J connectivity index is 2.23. The van der Waals surface area contributed by atoms with Gasteiger partial charge in [0.2, 0.25) is 0 Å². The molecule has 1 aliphatic rings. The molecule has 0 N–H and O–H groups in total. The van der Waals surface area contributed by atoms with Crippen molar-refractivity contribution >= 4 is 11.5 Å². The molecule has 0 fully saturated rings. The van der Waals surface area contributed by atoms with Gasteiger partial charge in [-0.2, -0.15) is 8.78 Å². The van der Waals surface area contributed by atoms with E-state index >= 15 is 0 Å². The number of hydrogen-bond donors (Lipinski definition) is 0. The number of carbonyl (C=O) groups is 1. The van der Waals surface area contributed by atoms with Gasteiger partial charge in [0, 0.05) is 6.42 Å². The second-order valence-electron chi connectivity index (χ2n) is 4.89. The highest BCUT2D eigenvalue weighted by Crippen LogP contribution is 2.36. The SMILES string of the molecule is CCOC(=O)C(F)(F)CC1=CCCc2cc(OC)ccc21. The Morgan fingerprint density at radius 2 is 2.14 bits per heavy atom. The number of methoxy groups -OCH3 is 1. The smallest absolute Gasteiger partial charge is 0.377 e. The molecule has 1 aromatic rings. The van der Waals surface area contributed by atoms with Crippen molar-refractivity contribution in [2.75, 3.05) is 13.7 Å². The van der Waals surface area contributed by atoms with E-state index in [4.69, 9.17) is 4.74 Å². The van der Waals surface area contributed by atoms with E-state index in [0.29, 0.717) is 17.7 Å². The average molecular weight is 296 g/mol. The highest BCUT2D eigenvalue weighted by molar-refractivity contribution is 5.82. The van der Waals surface area contributed by atoms with E-state index in [9.17, 15) is 13.6 Å². The fraction of sp³-hybridized carbons (Fsp3) is 0.438. The number of fused-ring (bicyclic) bond motifs is 1. The highest BCUT2D eigenvalue weighted by atomic mass is 19.3. The van der Waals surface area contributed by atoms with E-state index in [1.807, 2.05) is 6.07 Å². The molecule has 0 radical (unpaired) electrons. The van der Waals surface area contributed by atoms with Crippen LogP contribution in [0.3, 0.4) is 0 Å². The van der Waals surface area contributed by atoms with Crippen molar-refractivity contribution in [3.8, 4) is 5.75 Å². The fourth-order valence-electron chi connectivity index (χ4n) is 2.44. The van der Waals surface area contributed by atoms with Crippen LogP contribution in [0.15, 0.2) is 24.3 Å². The van der Waals surface area contributed by atoms with Crippen LogP contribution in [0.25, 0.3) is 5.57 Å². The summed E-state index contributed by atoms with van der Waals surface area (Å²) in [5.74, 6) is -4.27. The number of aryl methyl sites for hydroxylation is 1. The Hall–Kier alpha value is -1.91. The van der Waals surface area contributed by atoms with E-state index in [1.54, 1.807) is 25.3 Å². The third kappa shape index (κ3) is 3.40. The van der Waals surface area contributed by atoms with Crippen LogP contribution in [0.1, 0.15) is 30.9 Å². The van der Waals surface area contributed by atoms with Crippen molar-refractivity contribution in [1.29, 1.82) is 0 Å². The second kappa shape index (κ2) is 6.24. The third-order valence-corrected chi connectivity index (χ3v) is 3.45. The molecule has 0 atom stereocenters. The zero-order valence-electron chi connectivity index (χ0n) is 12.1. The minimum Gasteiger partial charge on any atom is -0.497 e. The van der Waals surface area contributed by atoms with Crippen LogP contribution in [0, 0.1) is 0 Å².